The van der Waals surface area contributed by atoms with Crippen molar-refractivity contribution in [3.63, 3.8) is 0 Å². The van der Waals surface area contributed by atoms with Crippen LogP contribution in [0.5, 0.6) is 0 Å². The second-order valence-corrected chi connectivity index (χ2v) is 5.16. The molecule has 100 valence electrons. The summed E-state index contributed by atoms with van der Waals surface area (Å²) in [5, 5.41) is 0. The molecule has 1 aliphatic heterocycles. The first-order chi connectivity index (χ1) is 8.50. The zero-order chi connectivity index (χ0) is 13.3. The minimum Gasteiger partial charge on any atom is -0.379 e. The second-order valence-electron chi connectivity index (χ2n) is 5.16. The summed E-state index contributed by atoms with van der Waals surface area (Å²) in [5.41, 5.74) is 3.04. The van der Waals surface area contributed by atoms with Gasteiger partial charge < -0.3 is 9.30 Å². The van der Waals surface area contributed by atoms with E-state index in [2.05, 4.69) is 16.4 Å². The second kappa shape index (κ2) is 5.24. The molecule has 1 unspecified atom stereocenters. The van der Waals surface area contributed by atoms with Crippen molar-refractivity contribution in [2.75, 3.05) is 26.3 Å². The Hall–Kier alpha value is -1.13. The number of rotatable bonds is 3. The lowest BCUT2D eigenvalue weighted by atomic mass is 10.1. The molecule has 18 heavy (non-hydrogen) atoms. The lowest BCUT2D eigenvalue weighted by Gasteiger charge is -2.32. The molecule has 0 bridgehead atoms. The van der Waals surface area contributed by atoms with Crippen LogP contribution in [0.4, 0.5) is 0 Å². The molecule has 2 rings (SSSR count). The molecular weight excluding hydrogens is 228 g/mol. The summed E-state index contributed by atoms with van der Waals surface area (Å²) in [7, 11) is 2.00. The van der Waals surface area contributed by atoms with Gasteiger partial charge in [0.15, 0.2) is 5.78 Å². The van der Waals surface area contributed by atoms with Crippen LogP contribution >= 0.6 is 0 Å². The molecule has 1 saturated heterocycles. The highest BCUT2D eigenvalue weighted by Gasteiger charge is 2.23. The lowest BCUT2D eigenvalue weighted by molar-refractivity contribution is 0.00200. The van der Waals surface area contributed by atoms with Crippen LogP contribution < -0.4 is 0 Å². The fourth-order valence-corrected chi connectivity index (χ4v) is 2.40. The molecular formula is C14H22N2O2. The smallest absolute Gasteiger partial charge is 0.178 e. The summed E-state index contributed by atoms with van der Waals surface area (Å²) in [6, 6.07) is 2.32. The molecule has 0 radical (unpaired) electrons. The Morgan fingerprint density at radius 3 is 2.78 bits per heavy atom. The van der Waals surface area contributed by atoms with E-state index in [4.69, 9.17) is 4.74 Å². The number of ketones is 1. The van der Waals surface area contributed by atoms with E-state index in [-0.39, 0.29) is 5.78 Å². The van der Waals surface area contributed by atoms with Gasteiger partial charge in [0.05, 0.1) is 19.8 Å². The molecule has 0 spiro atoms. The van der Waals surface area contributed by atoms with Crippen molar-refractivity contribution in [3.05, 3.63) is 23.0 Å². The van der Waals surface area contributed by atoms with Crippen molar-refractivity contribution in [2.24, 2.45) is 7.05 Å². The fraction of sp³-hybridized carbons (Fsp3) is 0.643. The maximum Gasteiger partial charge on any atom is 0.178 e. The van der Waals surface area contributed by atoms with Gasteiger partial charge in [-0.05, 0) is 26.8 Å². The first kappa shape index (κ1) is 13.3. The topological polar surface area (TPSA) is 34.5 Å². The van der Waals surface area contributed by atoms with Gasteiger partial charge in [0.1, 0.15) is 0 Å². The van der Waals surface area contributed by atoms with Gasteiger partial charge in [-0.15, -0.1) is 0 Å². The Labute approximate surface area is 109 Å². The highest BCUT2D eigenvalue weighted by atomic mass is 16.5. The van der Waals surface area contributed by atoms with Gasteiger partial charge >= 0.3 is 0 Å². The van der Waals surface area contributed by atoms with E-state index in [0.29, 0.717) is 12.6 Å². The molecule has 4 heteroatoms. The molecule has 0 saturated carbocycles. The SMILES string of the molecule is Cc1cc(C(=O)CN2CCOCC2C)c(C)n1C. The average Bonchev–Trinajstić information content (AvgIpc) is 2.60. The van der Waals surface area contributed by atoms with Gasteiger partial charge in [-0.25, -0.2) is 0 Å². The molecule has 4 nitrogen and oxygen atoms in total. The Bertz CT molecular complexity index is 451. The molecule has 1 fully saturated rings. The molecule has 2 heterocycles. The summed E-state index contributed by atoms with van der Waals surface area (Å²) in [6.45, 7) is 8.93. The van der Waals surface area contributed by atoms with Crippen LogP contribution in [-0.4, -0.2) is 47.6 Å². The van der Waals surface area contributed by atoms with Gasteiger partial charge in [-0.3, -0.25) is 9.69 Å². The number of hydrogen-bond donors (Lipinski definition) is 0. The number of carbonyl (C=O) groups is 1. The summed E-state index contributed by atoms with van der Waals surface area (Å²) < 4.78 is 7.45. The Morgan fingerprint density at radius 2 is 2.22 bits per heavy atom. The van der Waals surface area contributed by atoms with E-state index in [0.717, 1.165) is 36.7 Å². The number of carbonyl (C=O) groups excluding carboxylic acids is 1. The van der Waals surface area contributed by atoms with Crippen LogP contribution in [0.2, 0.25) is 0 Å². The maximum absolute atomic E-state index is 12.3. The minimum absolute atomic E-state index is 0.213. The predicted octanol–water partition coefficient (Wildman–Crippen LogP) is 1.55. The van der Waals surface area contributed by atoms with Crippen LogP contribution in [0, 0.1) is 13.8 Å². The third-order valence-corrected chi connectivity index (χ3v) is 3.93. The monoisotopic (exact) mass is 250 g/mol. The number of aromatic nitrogens is 1. The minimum atomic E-state index is 0.213. The quantitative estimate of drug-likeness (QED) is 0.763. The average molecular weight is 250 g/mol. The summed E-state index contributed by atoms with van der Waals surface area (Å²) in [6.07, 6.45) is 0. The first-order valence-electron chi connectivity index (χ1n) is 6.48. The maximum atomic E-state index is 12.3. The van der Waals surface area contributed by atoms with Crippen LogP contribution in [0.15, 0.2) is 6.07 Å². The third-order valence-electron chi connectivity index (χ3n) is 3.93. The zero-order valence-corrected chi connectivity index (χ0v) is 11.7. The number of aryl methyl sites for hydroxylation is 1. The van der Waals surface area contributed by atoms with E-state index in [1.54, 1.807) is 0 Å². The van der Waals surface area contributed by atoms with Gasteiger partial charge in [0, 0.05) is 36.6 Å². The standard InChI is InChI=1S/C14H22N2O2/c1-10-7-13(12(3)15(10)4)14(17)8-16-5-6-18-9-11(16)2/h7,11H,5-6,8-9H2,1-4H3. The van der Waals surface area contributed by atoms with Crippen LogP contribution in [0.25, 0.3) is 0 Å². The summed E-state index contributed by atoms with van der Waals surface area (Å²) in [5.74, 6) is 0.213. The Balaban J connectivity index is 2.09. The van der Waals surface area contributed by atoms with Crippen molar-refractivity contribution in [1.29, 1.82) is 0 Å². The largest absolute Gasteiger partial charge is 0.379 e. The van der Waals surface area contributed by atoms with E-state index in [9.17, 15) is 4.79 Å². The first-order valence-corrected chi connectivity index (χ1v) is 6.48. The Kier molecular flexibility index (Phi) is 3.88. The number of hydrogen-bond acceptors (Lipinski definition) is 3. The fourth-order valence-electron chi connectivity index (χ4n) is 2.40. The molecule has 1 aliphatic rings. The molecule has 0 N–H and O–H groups in total. The summed E-state index contributed by atoms with van der Waals surface area (Å²) in [4.78, 5) is 14.6. The Morgan fingerprint density at radius 1 is 1.50 bits per heavy atom. The van der Waals surface area contributed by atoms with Gasteiger partial charge in [0.2, 0.25) is 0 Å². The summed E-state index contributed by atoms with van der Waals surface area (Å²) >= 11 is 0. The number of ether oxygens (including phenoxy) is 1. The van der Waals surface area contributed by atoms with Crippen molar-refractivity contribution < 1.29 is 9.53 Å². The molecule has 0 aliphatic carbocycles. The van der Waals surface area contributed by atoms with E-state index in [1.165, 1.54) is 0 Å². The van der Waals surface area contributed by atoms with Crippen molar-refractivity contribution in [3.8, 4) is 0 Å². The van der Waals surface area contributed by atoms with Crippen LogP contribution in [0.1, 0.15) is 28.7 Å². The molecule has 1 aromatic heterocycles. The third kappa shape index (κ3) is 2.49. The number of Topliss-reactive ketones (excluding diaryl/α,β-unsaturated/α-hetero) is 1. The number of nitrogens with zero attached hydrogens (tertiary/aromatic N) is 2. The van der Waals surface area contributed by atoms with Crippen LogP contribution in [-0.2, 0) is 11.8 Å². The molecule has 0 aromatic carbocycles. The molecule has 0 amide bonds. The molecule has 1 atom stereocenters. The lowest BCUT2D eigenvalue weighted by Crippen LogP contribution is -2.46. The van der Waals surface area contributed by atoms with E-state index in [1.807, 2.05) is 27.0 Å². The van der Waals surface area contributed by atoms with Gasteiger partial charge in [-0.2, -0.15) is 0 Å². The highest BCUT2D eigenvalue weighted by molar-refractivity contribution is 5.99. The zero-order valence-electron chi connectivity index (χ0n) is 11.7. The van der Waals surface area contributed by atoms with E-state index >= 15 is 0 Å². The van der Waals surface area contributed by atoms with Crippen molar-refractivity contribution in [1.82, 2.24) is 9.47 Å². The van der Waals surface area contributed by atoms with Crippen LogP contribution in [0.3, 0.4) is 0 Å². The molecule has 1 aromatic rings. The predicted molar refractivity (Wildman–Crippen MR) is 71.1 cm³/mol. The van der Waals surface area contributed by atoms with E-state index < -0.39 is 0 Å². The van der Waals surface area contributed by atoms with Crippen molar-refractivity contribution in [2.45, 2.75) is 26.8 Å². The normalized spacial score (nSPS) is 21.2. The van der Waals surface area contributed by atoms with Crippen molar-refractivity contribution >= 4 is 5.78 Å². The van der Waals surface area contributed by atoms with Gasteiger partial charge in [-0.1, -0.05) is 0 Å². The highest BCUT2D eigenvalue weighted by Crippen LogP contribution is 2.15. The van der Waals surface area contributed by atoms with Gasteiger partial charge in [0.25, 0.3) is 0 Å². The number of morpholine rings is 1.